The van der Waals surface area contributed by atoms with Crippen LogP contribution in [0, 0.1) is 5.92 Å². The number of rotatable bonds is 6. The number of fused-ring (bicyclic) bond motifs is 2. The van der Waals surface area contributed by atoms with Crippen LogP contribution in [0.5, 0.6) is 0 Å². The summed E-state index contributed by atoms with van der Waals surface area (Å²) in [6.45, 7) is 6.75. The monoisotopic (exact) mass is 524 g/mol. The number of thioether (sulfide) groups is 1. The van der Waals surface area contributed by atoms with Gasteiger partial charge in [0.15, 0.2) is 5.12 Å². The van der Waals surface area contributed by atoms with Crippen LogP contribution in [-0.2, 0) is 30.5 Å². The zero-order valence-corrected chi connectivity index (χ0v) is 22.0. The Morgan fingerprint density at radius 2 is 2.00 bits per heavy atom. The number of aromatic nitrogens is 1. The van der Waals surface area contributed by atoms with E-state index in [0.717, 1.165) is 6.42 Å². The number of thiazole rings is 1. The summed E-state index contributed by atoms with van der Waals surface area (Å²) in [6, 6.07) is -0.980. The first-order chi connectivity index (χ1) is 16.6. The van der Waals surface area contributed by atoms with Crippen molar-refractivity contribution < 1.29 is 28.7 Å². The van der Waals surface area contributed by atoms with Crippen LogP contribution in [0.1, 0.15) is 68.9 Å². The lowest BCUT2D eigenvalue weighted by Crippen LogP contribution is -2.48. The minimum Gasteiger partial charge on any atom is -0.460 e. The number of carbonyl (C=O) groups is 5. The molecule has 2 atom stereocenters. The van der Waals surface area contributed by atoms with Crippen molar-refractivity contribution in [3.05, 3.63) is 27.9 Å². The van der Waals surface area contributed by atoms with Crippen LogP contribution in [0.15, 0.2) is 17.2 Å². The molecule has 1 aromatic heterocycles. The minimum absolute atomic E-state index is 0.0112. The minimum atomic E-state index is -0.980. The largest absolute Gasteiger partial charge is 0.460 e. The van der Waals surface area contributed by atoms with Gasteiger partial charge in [-0.25, -0.2) is 9.78 Å². The number of nitrogens with one attached hydrogen (secondary N) is 3. The van der Waals surface area contributed by atoms with Gasteiger partial charge in [0, 0.05) is 18.1 Å². The summed E-state index contributed by atoms with van der Waals surface area (Å²) in [6.07, 6.45) is 2.53. The highest BCUT2D eigenvalue weighted by atomic mass is 32.2. The molecule has 1 aliphatic rings. The van der Waals surface area contributed by atoms with E-state index >= 15 is 0 Å². The lowest BCUT2D eigenvalue weighted by Gasteiger charge is -2.25. The second-order valence-corrected chi connectivity index (χ2v) is 10.6. The highest BCUT2D eigenvalue weighted by Crippen LogP contribution is 2.16. The third-order valence-electron chi connectivity index (χ3n) is 5.13. The molecule has 0 unspecified atom stereocenters. The predicted octanol–water partition coefficient (Wildman–Crippen LogP) is 2.30. The molecule has 1 aliphatic heterocycles. The maximum Gasteiger partial charge on any atom is 0.329 e. The zero-order valence-electron chi connectivity index (χ0n) is 20.3. The molecule has 0 spiro atoms. The van der Waals surface area contributed by atoms with Crippen molar-refractivity contribution >= 4 is 51.9 Å². The molecule has 12 heteroatoms. The van der Waals surface area contributed by atoms with Crippen molar-refractivity contribution in [1.82, 2.24) is 20.9 Å². The molecule has 2 rings (SSSR count). The topological polar surface area (TPSA) is 144 Å². The van der Waals surface area contributed by atoms with Crippen LogP contribution < -0.4 is 16.0 Å². The van der Waals surface area contributed by atoms with Crippen LogP contribution in [0.3, 0.4) is 0 Å². The number of allylic oxidation sites excluding steroid dienone is 1. The highest BCUT2D eigenvalue weighted by Gasteiger charge is 2.30. The summed E-state index contributed by atoms with van der Waals surface area (Å²) in [4.78, 5) is 66.3. The van der Waals surface area contributed by atoms with E-state index in [1.165, 1.54) is 36.1 Å². The molecule has 10 nitrogen and oxygen atoms in total. The number of hydrogen-bond donors (Lipinski definition) is 3. The fourth-order valence-corrected chi connectivity index (χ4v) is 4.59. The van der Waals surface area contributed by atoms with Gasteiger partial charge >= 0.3 is 5.97 Å². The third-order valence-corrected chi connectivity index (χ3v) is 6.88. The second-order valence-electron chi connectivity index (χ2n) is 8.35. The van der Waals surface area contributed by atoms with E-state index in [-0.39, 0.29) is 41.3 Å². The van der Waals surface area contributed by atoms with Crippen molar-refractivity contribution in [2.24, 2.45) is 5.92 Å². The predicted molar refractivity (Wildman–Crippen MR) is 133 cm³/mol. The van der Waals surface area contributed by atoms with Gasteiger partial charge < -0.3 is 20.7 Å². The second kappa shape index (κ2) is 14.0. The van der Waals surface area contributed by atoms with E-state index in [1.807, 2.05) is 0 Å². The number of esters is 1. The molecule has 3 amide bonds. The first-order valence-corrected chi connectivity index (χ1v) is 13.3. The Hall–Kier alpha value is -2.73. The molecule has 1 aromatic rings. The van der Waals surface area contributed by atoms with Crippen molar-refractivity contribution in [2.45, 2.75) is 72.1 Å². The van der Waals surface area contributed by atoms with Crippen molar-refractivity contribution in [3.63, 3.8) is 0 Å². The Kier molecular flexibility index (Phi) is 11.4. The van der Waals surface area contributed by atoms with E-state index in [0.29, 0.717) is 23.6 Å². The Bertz CT molecular complexity index is 975. The van der Waals surface area contributed by atoms with E-state index in [4.69, 9.17) is 4.74 Å². The average molecular weight is 525 g/mol. The first-order valence-electron chi connectivity index (χ1n) is 11.4. The molecule has 35 heavy (non-hydrogen) atoms. The zero-order chi connectivity index (χ0) is 26.0. The number of ether oxygens (including phenoxy) is 1. The summed E-state index contributed by atoms with van der Waals surface area (Å²) >= 11 is 2.44. The molecule has 2 bridgehead atoms. The summed E-state index contributed by atoms with van der Waals surface area (Å²) in [5.41, 5.74) is 0.113. The molecule has 0 fully saturated rings. The third kappa shape index (κ3) is 9.44. The molecule has 2 heterocycles. The van der Waals surface area contributed by atoms with Crippen molar-refractivity contribution in [3.8, 4) is 0 Å². The fourth-order valence-electron chi connectivity index (χ4n) is 3.24. The van der Waals surface area contributed by atoms with Crippen LogP contribution in [0.25, 0.3) is 0 Å². The van der Waals surface area contributed by atoms with Crippen LogP contribution in [0.4, 0.5) is 0 Å². The number of nitrogens with zero attached hydrogens (tertiary/aromatic N) is 1. The molecule has 0 saturated heterocycles. The first kappa shape index (κ1) is 28.5. The lowest BCUT2D eigenvalue weighted by molar-refractivity contribution is -0.155. The van der Waals surface area contributed by atoms with E-state index < -0.39 is 29.9 Å². The van der Waals surface area contributed by atoms with Gasteiger partial charge in [0.1, 0.15) is 28.5 Å². The normalized spacial score (nSPS) is 21.3. The summed E-state index contributed by atoms with van der Waals surface area (Å²) in [7, 11) is 0. The number of carbonyl (C=O) groups excluding carboxylic acids is 5. The van der Waals surface area contributed by atoms with E-state index in [1.54, 1.807) is 26.2 Å². The standard InChI is InChI=1S/C23H32N4O6S2/c1-5-16-21(30)27-20(13(2)3)23(32)33-15(8-6-7-9-34-14(4)28)10-18(29)24-11-19-25-17(12-35-19)22(31)26-16/h5,12-13,15,20H,6-11H2,1-4H3,(H,24,29)(H,26,31)(H,27,30)/b16-5-/t15-,20+/m1/s1. The van der Waals surface area contributed by atoms with Gasteiger partial charge in [0.05, 0.1) is 13.0 Å². The van der Waals surface area contributed by atoms with Gasteiger partial charge in [-0.15, -0.1) is 11.3 Å². The fraction of sp³-hybridized carbons (Fsp3) is 0.565. The Labute approximate surface area is 213 Å². The molecule has 0 aliphatic carbocycles. The van der Waals surface area contributed by atoms with Crippen molar-refractivity contribution in [1.29, 1.82) is 0 Å². The van der Waals surface area contributed by atoms with Crippen LogP contribution >= 0.6 is 23.1 Å². The highest BCUT2D eigenvalue weighted by molar-refractivity contribution is 8.13. The molecular weight excluding hydrogens is 492 g/mol. The van der Waals surface area contributed by atoms with Crippen molar-refractivity contribution in [2.75, 3.05) is 5.75 Å². The molecule has 0 radical (unpaired) electrons. The van der Waals surface area contributed by atoms with Crippen LogP contribution in [-0.4, -0.2) is 51.7 Å². The number of unbranched alkanes of at least 4 members (excludes halogenated alkanes) is 1. The Morgan fingerprint density at radius 1 is 1.26 bits per heavy atom. The lowest BCUT2D eigenvalue weighted by atomic mass is 10.0. The van der Waals surface area contributed by atoms with Gasteiger partial charge in [-0.2, -0.15) is 0 Å². The molecule has 0 aromatic carbocycles. The Balaban J connectivity index is 2.24. The quantitative estimate of drug-likeness (QED) is 0.292. The Morgan fingerprint density at radius 3 is 2.66 bits per heavy atom. The molecule has 192 valence electrons. The maximum atomic E-state index is 13.0. The molecule has 3 N–H and O–H groups in total. The SMILES string of the molecule is C/C=C1\NC(=O)c2csc(n2)CNC(=O)C[C@@H](CCCCSC(C)=O)OC(=O)[C@H](C(C)C)NC1=O. The molecular formula is C23H32N4O6S2. The van der Waals surface area contributed by atoms with Gasteiger partial charge in [0.2, 0.25) is 5.91 Å². The number of cyclic esters (lactones) is 1. The smallest absolute Gasteiger partial charge is 0.329 e. The van der Waals surface area contributed by atoms with Crippen LogP contribution in [0.2, 0.25) is 0 Å². The number of hydrogen-bond acceptors (Lipinski definition) is 9. The van der Waals surface area contributed by atoms with E-state index in [2.05, 4.69) is 20.9 Å². The number of amides is 3. The van der Waals surface area contributed by atoms with Gasteiger partial charge in [-0.05, 0) is 32.1 Å². The maximum absolute atomic E-state index is 13.0. The summed E-state index contributed by atoms with van der Waals surface area (Å²) in [5, 5.41) is 10.0. The summed E-state index contributed by atoms with van der Waals surface area (Å²) < 4.78 is 5.68. The van der Waals surface area contributed by atoms with E-state index in [9.17, 15) is 24.0 Å². The van der Waals surface area contributed by atoms with Gasteiger partial charge in [-0.3, -0.25) is 19.2 Å². The molecule has 0 saturated carbocycles. The average Bonchev–Trinajstić information content (AvgIpc) is 3.27. The van der Waals surface area contributed by atoms with Gasteiger partial charge in [-0.1, -0.05) is 31.7 Å². The van der Waals surface area contributed by atoms with Gasteiger partial charge in [0.25, 0.3) is 11.8 Å². The summed E-state index contributed by atoms with van der Waals surface area (Å²) in [5.74, 6) is -1.83.